The summed E-state index contributed by atoms with van der Waals surface area (Å²) >= 11 is 5.98. The van der Waals surface area contributed by atoms with Crippen LogP contribution in [-0.2, 0) is 14.8 Å². The van der Waals surface area contributed by atoms with E-state index >= 15 is 0 Å². The Kier molecular flexibility index (Phi) is 5.08. The third kappa shape index (κ3) is 4.10. The minimum absolute atomic E-state index is 0.0590. The summed E-state index contributed by atoms with van der Waals surface area (Å²) in [7, 11) is -3.81. The number of carbonyl (C=O) groups excluding carboxylic acids is 1. The van der Waals surface area contributed by atoms with E-state index in [4.69, 9.17) is 11.6 Å². The maximum absolute atomic E-state index is 12.2. The molecule has 0 radical (unpaired) electrons. The molecule has 0 fully saturated rings. The molecule has 9 heteroatoms. The van der Waals surface area contributed by atoms with Crippen molar-refractivity contribution in [2.45, 2.75) is 25.7 Å². The fourth-order valence-corrected chi connectivity index (χ4v) is 3.57. The second kappa shape index (κ2) is 6.69. The van der Waals surface area contributed by atoms with Crippen LogP contribution in [0.5, 0.6) is 0 Å². The number of carbonyl (C=O) groups is 1. The molecule has 124 valence electrons. The molecule has 3 N–H and O–H groups in total. The molecule has 0 saturated heterocycles. The van der Waals surface area contributed by atoms with E-state index in [1.54, 1.807) is 32.0 Å². The summed E-state index contributed by atoms with van der Waals surface area (Å²) in [6.07, 6.45) is 0. The van der Waals surface area contributed by atoms with Crippen LogP contribution in [0.3, 0.4) is 0 Å². The maximum Gasteiger partial charge on any atom is 0.244 e. The summed E-state index contributed by atoms with van der Waals surface area (Å²) in [5.74, 6) is -0.493. The van der Waals surface area contributed by atoms with Crippen molar-refractivity contribution >= 4 is 33.2 Å². The highest BCUT2D eigenvalue weighted by Gasteiger charge is 2.22. The Hall–Kier alpha value is -1.90. The number of aryl methyl sites for hydroxylation is 3. The largest absolute Gasteiger partial charge is 0.325 e. The molecular formula is C14H17ClN4O3S. The van der Waals surface area contributed by atoms with Gasteiger partial charge >= 0.3 is 0 Å². The number of hydrogen-bond acceptors (Lipinski definition) is 4. The van der Waals surface area contributed by atoms with E-state index in [1.165, 1.54) is 0 Å². The normalized spacial score (nSPS) is 11.5. The van der Waals surface area contributed by atoms with Crippen LogP contribution in [0.2, 0.25) is 5.02 Å². The zero-order chi connectivity index (χ0) is 17.2. The summed E-state index contributed by atoms with van der Waals surface area (Å²) < 4.78 is 26.7. The van der Waals surface area contributed by atoms with Crippen molar-refractivity contribution in [1.29, 1.82) is 0 Å². The molecular weight excluding hydrogens is 340 g/mol. The molecule has 2 aromatic rings. The van der Waals surface area contributed by atoms with Gasteiger partial charge in [0, 0.05) is 10.7 Å². The second-order valence-electron chi connectivity index (χ2n) is 5.10. The molecule has 0 unspecified atom stereocenters. The SMILES string of the molecule is Cc1ccc(NC(=O)CNS(=O)(=O)c2c(C)n[nH]c2C)cc1Cl. The van der Waals surface area contributed by atoms with Gasteiger partial charge in [-0.25, -0.2) is 13.1 Å². The number of halogens is 1. The fraction of sp³-hybridized carbons (Fsp3) is 0.286. The van der Waals surface area contributed by atoms with Crippen LogP contribution in [0, 0.1) is 20.8 Å². The molecule has 0 aliphatic carbocycles. The molecule has 23 heavy (non-hydrogen) atoms. The summed E-state index contributed by atoms with van der Waals surface area (Å²) in [4.78, 5) is 11.9. The Morgan fingerprint density at radius 3 is 2.57 bits per heavy atom. The summed E-state index contributed by atoms with van der Waals surface area (Å²) in [5, 5.41) is 9.54. The standard InChI is InChI=1S/C14H17ClN4O3S/c1-8-4-5-11(6-12(8)15)17-13(20)7-16-23(21,22)14-9(2)18-19-10(14)3/h4-6,16H,7H2,1-3H3,(H,17,20)(H,18,19). The van der Waals surface area contributed by atoms with Crippen LogP contribution < -0.4 is 10.0 Å². The second-order valence-corrected chi connectivity index (χ2v) is 7.21. The Bertz CT molecular complexity index is 826. The lowest BCUT2D eigenvalue weighted by atomic mass is 10.2. The average molecular weight is 357 g/mol. The van der Waals surface area contributed by atoms with Crippen LogP contribution in [0.25, 0.3) is 0 Å². The number of benzene rings is 1. The fourth-order valence-electron chi connectivity index (χ4n) is 2.05. The molecule has 0 atom stereocenters. The zero-order valence-electron chi connectivity index (χ0n) is 12.9. The number of rotatable bonds is 5. The minimum Gasteiger partial charge on any atom is -0.325 e. The predicted octanol–water partition coefficient (Wildman–Crippen LogP) is 1.91. The number of aromatic nitrogens is 2. The highest BCUT2D eigenvalue weighted by Crippen LogP contribution is 2.20. The first kappa shape index (κ1) is 17.5. The van der Waals surface area contributed by atoms with Crippen molar-refractivity contribution in [3.05, 3.63) is 40.2 Å². The monoisotopic (exact) mass is 356 g/mol. The van der Waals surface area contributed by atoms with Crippen LogP contribution >= 0.6 is 11.6 Å². The average Bonchev–Trinajstić information content (AvgIpc) is 2.81. The van der Waals surface area contributed by atoms with Crippen molar-refractivity contribution in [1.82, 2.24) is 14.9 Å². The molecule has 1 heterocycles. The van der Waals surface area contributed by atoms with E-state index in [2.05, 4.69) is 20.2 Å². The van der Waals surface area contributed by atoms with Crippen LogP contribution in [0.1, 0.15) is 17.0 Å². The molecule has 1 amide bonds. The number of sulfonamides is 1. The molecule has 0 aliphatic heterocycles. The van der Waals surface area contributed by atoms with E-state index in [0.717, 1.165) is 5.56 Å². The molecule has 7 nitrogen and oxygen atoms in total. The van der Waals surface area contributed by atoms with Gasteiger partial charge in [0.05, 0.1) is 17.9 Å². The number of nitrogens with one attached hydrogen (secondary N) is 3. The van der Waals surface area contributed by atoms with Gasteiger partial charge in [0.15, 0.2) is 0 Å². The van der Waals surface area contributed by atoms with E-state index in [-0.39, 0.29) is 4.90 Å². The van der Waals surface area contributed by atoms with Gasteiger partial charge in [-0.2, -0.15) is 5.10 Å². The van der Waals surface area contributed by atoms with Gasteiger partial charge in [-0.15, -0.1) is 0 Å². The van der Waals surface area contributed by atoms with Gasteiger partial charge in [-0.05, 0) is 38.5 Å². The van der Waals surface area contributed by atoms with E-state index in [1.807, 2.05) is 6.92 Å². The Balaban J connectivity index is 2.02. The van der Waals surface area contributed by atoms with Gasteiger partial charge in [-0.3, -0.25) is 9.89 Å². The Morgan fingerprint density at radius 1 is 1.30 bits per heavy atom. The molecule has 1 aromatic heterocycles. The summed E-state index contributed by atoms with van der Waals surface area (Å²) in [6.45, 7) is 4.63. The van der Waals surface area contributed by atoms with Gasteiger partial charge in [0.25, 0.3) is 0 Å². The minimum atomic E-state index is -3.81. The first-order valence-electron chi connectivity index (χ1n) is 6.78. The number of hydrogen-bond donors (Lipinski definition) is 3. The zero-order valence-corrected chi connectivity index (χ0v) is 14.5. The number of nitrogens with zero attached hydrogens (tertiary/aromatic N) is 1. The van der Waals surface area contributed by atoms with Crippen molar-refractivity contribution < 1.29 is 13.2 Å². The third-order valence-electron chi connectivity index (χ3n) is 3.21. The maximum atomic E-state index is 12.2. The van der Waals surface area contributed by atoms with Crippen molar-refractivity contribution in [3.63, 3.8) is 0 Å². The van der Waals surface area contributed by atoms with E-state index in [9.17, 15) is 13.2 Å². The van der Waals surface area contributed by atoms with Crippen molar-refractivity contribution in [2.24, 2.45) is 0 Å². The number of aromatic amines is 1. The quantitative estimate of drug-likeness (QED) is 0.761. The molecule has 2 rings (SSSR count). The van der Waals surface area contributed by atoms with Gasteiger partial charge in [0.2, 0.25) is 15.9 Å². The highest BCUT2D eigenvalue weighted by molar-refractivity contribution is 7.89. The lowest BCUT2D eigenvalue weighted by Crippen LogP contribution is -2.33. The van der Waals surface area contributed by atoms with Crippen LogP contribution in [0.4, 0.5) is 5.69 Å². The van der Waals surface area contributed by atoms with Crippen molar-refractivity contribution in [2.75, 3.05) is 11.9 Å². The molecule has 0 saturated carbocycles. The highest BCUT2D eigenvalue weighted by atomic mass is 35.5. The van der Waals surface area contributed by atoms with Crippen LogP contribution in [0.15, 0.2) is 23.1 Å². The summed E-state index contributed by atoms with van der Waals surface area (Å²) in [5.41, 5.74) is 2.15. The van der Waals surface area contributed by atoms with Gasteiger partial charge in [0.1, 0.15) is 4.90 Å². The first-order chi connectivity index (χ1) is 10.7. The lowest BCUT2D eigenvalue weighted by molar-refractivity contribution is -0.115. The predicted molar refractivity (Wildman–Crippen MR) is 88.1 cm³/mol. The number of amides is 1. The molecule has 0 bridgehead atoms. The summed E-state index contributed by atoms with van der Waals surface area (Å²) in [6, 6.07) is 5.06. The topological polar surface area (TPSA) is 104 Å². The van der Waals surface area contributed by atoms with E-state index in [0.29, 0.717) is 22.1 Å². The number of anilines is 1. The number of H-pyrrole nitrogens is 1. The van der Waals surface area contributed by atoms with Crippen molar-refractivity contribution in [3.8, 4) is 0 Å². The third-order valence-corrected chi connectivity index (χ3v) is 5.28. The Labute approximate surface area is 139 Å². The van der Waals surface area contributed by atoms with Crippen LogP contribution in [-0.4, -0.2) is 31.1 Å². The van der Waals surface area contributed by atoms with Gasteiger partial charge < -0.3 is 5.32 Å². The van der Waals surface area contributed by atoms with Gasteiger partial charge in [-0.1, -0.05) is 17.7 Å². The molecule has 0 spiro atoms. The first-order valence-corrected chi connectivity index (χ1v) is 8.64. The Morgan fingerprint density at radius 2 is 2.00 bits per heavy atom. The smallest absolute Gasteiger partial charge is 0.244 e. The molecule has 1 aromatic carbocycles. The van der Waals surface area contributed by atoms with E-state index < -0.39 is 22.5 Å². The lowest BCUT2D eigenvalue weighted by Gasteiger charge is -2.09. The molecule has 0 aliphatic rings.